The van der Waals surface area contributed by atoms with Crippen LogP contribution in [0, 0.1) is 6.92 Å². The normalized spacial score (nSPS) is 13.2. The van der Waals surface area contributed by atoms with Gasteiger partial charge in [-0.15, -0.1) is 11.8 Å². The summed E-state index contributed by atoms with van der Waals surface area (Å²) in [6, 6.07) is 7.62. The minimum atomic E-state index is -0.147. The van der Waals surface area contributed by atoms with Crippen molar-refractivity contribution in [2.24, 2.45) is 0 Å². The largest absolute Gasteiger partial charge is 0.331 e. The summed E-state index contributed by atoms with van der Waals surface area (Å²) >= 11 is 7.62. The Bertz CT molecular complexity index is 806. The second-order valence-corrected chi connectivity index (χ2v) is 6.80. The predicted molar refractivity (Wildman–Crippen MR) is 91.5 cm³/mol. The van der Waals surface area contributed by atoms with Crippen molar-refractivity contribution in [2.45, 2.75) is 25.8 Å². The molecule has 2 aromatic rings. The molecule has 0 saturated heterocycles. The van der Waals surface area contributed by atoms with Gasteiger partial charge in [0.05, 0.1) is 30.1 Å². The lowest BCUT2D eigenvalue weighted by molar-refractivity contribution is -0.128. The highest BCUT2D eigenvalue weighted by molar-refractivity contribution is 7.99. The maximum absolute atomic E-state index is 12.3. The molecule has 0 fully saturated rings. The summed E-state index contributed by atoms with van der Waals surface area (Å²) in [7, 11) is 0. The fraction of sp³-hybridized carbons (Fsp3) is 0.312. The Labute approximate surface area is 143 Å². The van der Waals surface area contributed by atoms with Crippen molar-refractivity contribution in [3.63, 3.8) is 0 Å². The van der Waals surface area contributed by atoms with E-state index >= 15 is 0 Å². The average molecular weight is 350 g/mol. The molecule has 1 aliphatic rings. The topological polar surface area (TPSA) is 66.1 Å². The van der Waals surface area contributed by atoms with Gasteiger partial charge < -0.3 is 9.88 Å². The number of carbonyl (C=O) groups excluding carboxylic acids is 1. The van der Waals surface area contributed by atoms with Gasteiger partial charge in [0.1, 0.15) is 5.82 Å². The lowest BCUT2D eigenvalue weighted by Gasteiger charge is -2.14. The van der Waals surface area contributed by atoms with Gasteiger partial charge >= 0.3 is 0 Å². The Hall–Kier alpha value is -1.79. The smallest absolute Gasteiger partial charge is 0.256 e. The van der Waals surface area contributed by atoms with Crippen LogP contribution in [0.5, 0.6) is 0 Å². The SMILES string of the molecule is Cc1nc2c(c(=O)[nH]1)CN(C(=O)CSCc1ccccc1Cl)C2. The number of aryl methyl sites for hydroxylation is 1. The summed E-state index contributed by atoms with van der Waals surface area (Å²) in [6.07, 6.45) is 0. The molecule has 0 bridgehead atoms. The second-order valence-electron chi connectivity index (χ2n) is 5.41. The minimum absolute atomic E-state index is 0.0112. The first kappa shape index (κ1) is 16.1. The van der Waals surface area contributed by atoms with Crippen LogP contribution in [-0.2, 0) is 23.6 Å². The molecule has 3 rings (SSSR count). The summed E-state index contributed by atoms with van der Waals surface area (Å²) in [5, 5.41) is 0.715. The van der Waals surface area contributed by atoms with Gasteiger partial charge in [-0.3, -0.25) is 9.59 Å². The van der Waals surface area contributed by atoms with Crippen LogP contribution in [0.15, 0.2) is 29.1 Å². The lowest BCUT2D eigenvalue weighted by atomic mass is 10.2. The predicted octanol–water partition coefficient (Wildman–Crippen LogP) is 2.51. The Morgan fingerprint density at radius 3 is 2.96 bits per heavy atom. The van der Waals surface area contributed by atoms with E-state index in [1.165, 1.54) is 11.8 Å². The van der Waals surface area contributed by atoms with Crippen molar-refractivity contribution >= 4 is 29.3 Å². The summed E-state index contributed by atoms with van der Waals surface area (Å²) in [6.45, 7) is 2.49. The molecule has 0 aliphatic carbocycles. The van der Waals surface area contributed by atoms with Crippen molar-refractivity contribution in [2.75, 3.05) is 5.75 Å². The number of nitrogens with one attached hydrogen (secondary N) is 1. The molecule has 1 N–H and O–H groups in total. The molecule has 2 heterocycles. The van der Waals surface area contributed by atoms with Crippen LogP contribution in [0.1, 0.15) is 22.6 Å². The second kappa shape index (κ2) is 6.76. The van der Waals surface area contributed by atoms with Gasteiger partial charge in [0.15, 0.2) is 0 Å². The zero-order chi connectivity index (χ0) is 16.4. The van der Waals surface area contributed by atoms with E-state index in [0.717, 1.165) is 5.56 Å². The third kappa shape index (κ3) is 3.59. The summed E-state index contributed by atoms with van der Waals surface area (Å²) in [4.78, 5) is 32.9. The third-order valence-electron chi connectivity index (χ3n) is 3.70. The van der Waals surface area contributed by atoms with Gasteiger partial charge in [0.2, 0.25) is 5.91 Å². The Balaban J connectivity index is 1.57. The molecule has 0 unspecified atom stereocenters. The van der Waals surface area contributed by atoms with Gasteiger partial charge in [-0.1, -0.05) is 29.8 Å². The highest BCUT2D eigenvalue weighted by Gasteiger charge is 2.26. The van der Waals surface area contributed by atoms with Crippen molar-refractivity contribution < 1.29 is 4.79 Å². The van der Waals surface area contributed by atoms with Crippen molar-refractivity contribution in [3.8, 4) is 0 Å². The summed E-state index contributed by atoms with van der Waals surface area (Å²) in [5.41, 5.74) is 2.17. The molecule has 1 aromatic carbocycles. The number of aromatic amines is 1. The minimum Gasteiger partial charge on any atom is -0.331 e. The molecular weight excluding hydrogens is 334 g/mol. The van der Waals surface area contributed by atoms with Gasteiger partial charge in [-0.25, -0.2) is 4.98 Å². The quantitative estimate of drug-likeness (QED) is 0.921. The summed E-state index contributed by atoms with van der Waals surface area (Å²) < 4.78 is 0. The number of halogens is 1. The highest BCUT2D eigenvalue weighted by atomic mass is 35.5. The van der Waals surface area contributed by atoms with Crippen LogP contribution >= 0.6 is 23.4 Å². The maximum atomic E-state index is 12.3. The number of hydrogen-bond acceptors (Lipinski definition) is 4. The molecule has 0 radical (unpaired) electrons. The van der Waals surface area contributed by atoms with E-state index in [2.05, 4.69) is 9.97 Å². The fourth-order valence-electron chi connectivity index (χ4n) is 2.52. The summed E-state index contributed by atoms with van der Waals surface area (Å²) in [5.74, 6) is 1.63. The van der Waals surface area contributed by atoms with Gasteiger partial charge in [-0.05, 0) is 18.6 Å². The number of carbonyl (C=O) groups is 1. The third-order valence-corrected chi connectivity index (χ3v) is 5.04. The van der Waals surface area contributed by atoms with Crippen LogP contribution < -0.4 is 5.56 Å². The number of thioether (sulfide) groups is 1. The van der Waals surface area contributed by atoms with Crippen LogP contribution in [0.4, 0.5) is 0 Å². The number of fused-ring (bicyclic) bond motifs is 1. The molecule has 5 nitrogen and oxygen atoms in total. The monoisotopic (exact) mass is 349 g/mol. The lowest BCUT2D eigenvalue weighted by Crippen LogP contribution is -2.27. The Morgan fingerprint density at radius 1 is 1.39 bits per heavy atom. The van der Waals surface area contributed by atoms with Crippen molar-refractivity contribution in [3.05, 3.63) is 62.3 Å². The molecular formula is C16H16ClN3O2S. The van der Waals surface area contributed by atoms with Crippen molar-refractivity contribution in [1.82, 2.24) is 14.9 Å². The number of nitrogens with zero attached hydrogens (tertiary/aromatic N) is 2. The molecule has 7 heteroatoms. The van der Waals surface area contributed by atoms with Crippen LogP contribution in [0.2, 0.25) is 5.02 Å². The average Bonchev–Trinajstić information content (AvgIpc) is 2.93. The number of hydrogen-bond donors (Lipinski definition) is 1. The molecule has 0 saturated carbocycles. The first-order valence-corrected chi connectivity index (χ1v) is 8.75. The van der Waals surface area contributed by atoms with E-state index in [-0.39, 0.29) is 11.5 Å². The van der Waals surface area contributed by atoms with E-state index in [1.807, 2.05) is 24.3 Å². The maximum Gasteiger partial charge on any atom is 0.256 e. The van der Waals surface area contributed by atoms with Crippen LogP contribution in [0.3, 0.4) is 0 Å². The number of rotatable bonds is 4. The molecule has 0 atom stereocenters. The highest BCUT2D eigenvalue weighted by Crippen LogP contribution is 2.23. The number of H-pyrrole nitrogens is 1. The van der Waals surface area contributed by atoms with E-state index in [1.54, 1.807) is 11.8 Å². The zero-order valence-corrected chi connectivity index (χ0v) is 14.2. The van der Waals surface area contributed by atoms with E-state index in [9.17, 15) is 9.59 Å². The standard InChI is InChI=1S/C16H16ClN3O2S/c1-10-18-14-7-20(6-12(14)16(22)19-10)15(21)9-23-8-11-4-2-3-5-13(11)17/h2-5H,6-9H2,1H3,(H,18,19,22). The van der Waals surface area contributed by atoms with Gasteiger partial charge in [0, 0.05) is 10.8 Å². The molecule has 0 spiro atoms. The molecule has 120 valence electrons. The molecule has 1 aliphatic heterocycles. The first-order chi connectivity index (χ1) is 11.0. The van der Waals surface area contributed by atoms with E-state index in [0.29, 0.717) is 46.7 Å². The molecule has 1 aromatic heterocycles. The van der Waals surface area contributed by atoms with E-state index < -0.39 is 0 Å². The van der Waals surface area contributed by atoms with Crippen LogP contribution in [-0.4, -0.2) is 26.5 Å². The van der Waals surface area contributed by atoms with Gasteiger partial charge in [0.25, 0.3) is 5.56 Å². The zero-order valence-electron chi connectivity index (χ0n) is 12.6. The van der Waals surface area contributed by atoms with Gasteiger partial charge in [-0.2, -0.15) is 0 Å². The first-order valence-electron chi connectivity index (χ1n) is 7.22. The van der Waals surface area contributed by atoms with E-state index in [4.69, 9.17) is 11.6 Å². The van der Waals surface area contributed by atoms with Crippen LogP contribution in [0.25, 0.3) is 0 Å². The Morgan fingerprint density at radius 2 is 2.17 bits per heavy atom. The molecule has 1 amide bonds. The number of aromatic nitrogens is 2. The number of benzene rings is 1. The Kier molecular flexibility index (Phi) is 4.73. The molecule has 23 heavy (non-hydrogen) atoms. The fourth-order valence-corrected chi connectivity index (χ4v) is 3.73. The van der Waals surface area contributed by atoms with Crippen molar-refractivity contribution in [1.29, 1.82) is 0 Å². The number of amides is 1.